The van der Waals surface area contributed by atoms with Crippen LogP contribution in [0.15, 0.2) is 54.6 Å². The summed E-state index contributed by atoms with van der Waals surface area (Å²) in [5.74, 6) is 0. The molecule has 82 valence electrons. The Morgan fingerprint density at radius 1 is 0.875 bits per heavy atom. The van der Waals surface area contributed by atoms with Crippen LogP contribution in [0.4, 0.5) is 0 Å². The highest BCUT2D eigenvalue weighted by Gasteiger charge is 2.24. The van der Waals surface area contributed by atoms with Gasteiger partial charge in [0.15, 0.2) is 0 Å². The van der Waals surface area contributed by atoms with E-state index in [9.17, 15) is 5.11 Å². The molecule has 1 unspecified atom stereocenters. The summed E-state index contributed by atoms with van der Waals surface area (Å²) in [6, 6.07) is 17.7. The molecule has 1 nitrogen and oxygen atoms in total. The molecule has 2 aromatic carbocycles. The summed E-state index contributed by atoms with van der Waals surface area (Å²) < 4.78 is 1.17. The predicted octanol–water partition coefficient (Wildman–Crippen LogP) is 3.55. The van der Waals surface area contributed by atoms with E-state index in [1.807, 2.05) is 61.5 Å². The van der Waals surface area contributed by atoms with Crippen molar-refractivity contribution >= 4 is 22.6 Å². The fourth-order valence-electron chi connectivity index (χ4n) is 1.70. The molecule has 0 aliphatic carbocycles. The average molecular weight is 324 g/mol. The van der Waals surface area contributed by atoms with Gasteiger partial charge in [-0.1, -0.05) is 42.5 Å². The van der Waals surface area contributed by atoms with Crippen molar-refractivity contribution in [2.45, 2.75) is 12.5 Å². The van der Waals surface area contributed by atoms with Gasteiger partial charge in [0, 0.05) is 3.57 Å². The Hall–Kier alpha value is -0.870. The highest BCUT2D eigenvalue weighted by Crippen LogP contribution is 2.28. The lowest BCUT2D eigenvalue weighted by molar-refractivity contribution is 0.102. The van der Waals surface area contributed by atoms with Gasteiger partial charge in [0.1, 0.15) is 5.60 Å². The smallest absolute Gasteiger partial charge is 0.112 e. The SMILES string of the molecule is CC(O)(c1ccccc1)c1ccc(I)cc1. The van der Waals surface area contributed by atoms with Crippen LogP contribution in [-0.4, -0.2) is 5.11 Å². The molecule has 0 saturated heterocycles. The Morgan fingerprint density at radius 3 is 1.94 bits per heavy atom. The Kier molecular flexibility index (Phi) is 3.30. The molecular weight excluding hydrogens is 311 g/mol. The first kappa shape index (κ1) is 11.6. The standard InChI is InChI=1S/C14H13IO/c1-14(16,11-5-3-2-4-6-11)12-7-9-13(15)10-8-12/h2-10,16H,1H3. The van der Waals surface area contributed by atoms with Gasteiger partial charge >= 0.3 is 0 Å². The first-order valence-electron chi connectivity index (χ1n) is 5.14. The molecule has 0 fully saturated rings. The van der Waals surface area contributed by atoms with Crippen LogP contribution >= 0.6 is 22.6 Å². The van der Waals surface area contributed by atoms with E-state index in [2.05, 4.69) is 22.6 Å². The summed E-state index contributed by atoms with van der Waals surface area (Å²) in [7, 11) is 0. The molecule has 1 N–H and O–H groups in total. The maximum absolute atomic E-state index is 10.5. The number of halogens is 1. The van der Waals surface area contributed by atoms with E-state index in [1.165, 1.54) is 3.57 Å². The molecule has 0 aliphatic heterocycles. The van der Waals surface area contributed by atoms with Crippen LogP contribution in [0.2, 0.25) is 0 Å². The lowest BCUT2D eigenvalue weighted by Gasteiger charge is -2.24. The molecular formula is C14H13IO. The Balaban J connectivity index is 2.43. The van der Waals surface area contributed by atoms with Crippen molar-refractivity contribution in [3.8, 4) is 0 Å². The first-order chi connectivity index (χ1) is 7.60. The molecule has 0 heterocycles. The van der Waals surface area contributed by atoms with Crippen LogP contribution in [0, 0.1) is 3.57 Å². The summed E-state index contributed by atoms with van der Waals surface area (Å²) in [5.41, 5.74) is 0.904. The van der Waals surface area contributed by atoms with Crippen molar-refractivity contribution in [2.24, 2.45) is 0 Å². The molecule has 2 aromatic rings. The second kappa shape index (κ2) is 4.55. The fraction of sp³-hybridized carbons (Fsp3) is 0.143. The van der Waals surface area contributed by atoms with E-state index < -0.39 is 5.60 Å². The van der Waals surface area contributed by atoms with E-state index in [0.29, 0.717) is 0 Å². The summed E-state index contributed by atoms with van der Waals surface area (Å²) >= 11 is 2.26. The molecule has 0 radical (unpaired) electrons. The van der Waals surface area contributed by atoms with E-state index in [-0.39, 0.29) is 0 Å². The molecule has 0 bridgehead atoms. The van der Waals surface area contributed by atoms with Crippen LogP contribution in [-0.2, 0) is 5.60 Å². The van der Waals surface area contributed by atoms with E-state index in [4.69, 9.17) is 0 Å². The van der Waals surface area contributed by atoms with Crippen LogP contribution in [0.25, 0.3) is 0 Å². The van der Waals surface area contributed by atoms with Crippen molar-refractivity contribution in [2.75, 3.05) is 0 Å². The zero-order valence-corrected chi connectivity index (χ0v) is 11.2. The highest BCUT2D eigenvalue weighted by molar-refractivity contribution is 14.1. The summed E-state index contributed by atoms with van der Waals surface area (Å²) in [6.45, 7) is 1.82. The minimum absolute atomic E-state index is 0.913. The number of hydrogen-bond donors (Lipinski definition) is 1. The van der Waals surface area contributed by atoms with Crippen molar-refractivity contribution in [3.05, 3.63) is 69.3 Å². The number of benzene rings is 2. The molecule has 2 heteroatoms. The van der Waals surface area contributed by atoms with Gasteiger partial charge in [-0.3, -0.25) is 0 Å². The van der Waals surface area contributed by atoms with Gasteiger partial charge in [-0.2, -0.15) is 0 Å². The van der Waals surface area contributed by atoms with Crippen molar-refractivity contribution < 1.29 is 5.11 Å². The summed E-state index contributed by atoms with van der Waals surface area (Å²) in [5, 5.41) is 10.5. The minimum atomic E-state index is -0.925. The number of hydrogen-bond acceptors (Lipinski definition) is 1. The topological polar surface area (TPSA) is 20.2 Å². The Morgan fingerprint density at radius 2 is 1.38 bits per heavy atom. The average Bonchev–Trinajstić information content (AvgIpc) is 2.31. The maximum Gasteiger partial charge on any atom is 0.112 e. The lowest BCUT2D eigenvalue weighted by Crippen LogP contribution is -2.22. The molecule has 0 aromatic heterocycles. The first-order valence-corrected chi connectivity index (χ1v) is 6.22. The van der Waals surface area contributed by atoms with Gasteiger partial charge in [-0.15, -0.1) is 0 Å². The van der Waals surface area contributed by atoms with Crippen LogP contribution < -0.4 is 0 Å². The molecule has 16 heavy (non-hydrogen) atoms. The van der Waals surface area contributed by atoms with Gasteiger partial charge in [0.05, 0.1) is 0 Å². The van der Waals surface area contributed by atoms with Gasteiger partial charge in [-0.05, 0) is 52.8 Å². The third-order valence-corrected chi connectivity index (χ3v) is 3.46. The second-order valence-electron chi connectivity index (χ2n) is 3.95. The lowest BCUT2D eigenvalue weighted by atomic mass is 9.88. The molecule has 0 saturated carbocycles. The van der Waals surface area contributed by atoms with Gasteiger partial charge in [0.25, 0.3) is 0 Å². The summed E-state index contributed by atoms with van der Waals surface area (Å²) in [4.78, 5) is 0. The number of aliphatic hydroxyl groups is 1. The number of rotatable bonds is 2. The molecule has 0 aliphatic rings. The van der Waals surface area contributed by atoms with Crippen molar-refractivity contribution in [3.63, 3.8) is 0 Å². The largest absolute Gasteiger partial charge is 0.381 e. The highest BCUT2D eigenvalue weighted by atomic mass is 127. The molecule has 2 rings (SSSR count). The summed E-state index contributed by atoms with van der Waals surface area (Å²) in [6.07, 6.45) is 0. The van der Waals surface area contributed by atoms with Crippen LogP contribution in [0.3, 0.4) is 0 Å². The fourth-order valence-corrected chi connectivity index (χ4v) is 2.06. The normalized spacial score (nSPS) is 14.4. The van der Waals surface area contributed by atoms with E-state index in [1.54, 1.807) is 0 Å². The third kappa shape index (κ3) is 2.28. The Labute approximate surface area is 109 Å². The maximum atomic E-state index is 10.5. The Bertz CT molecular complexity index is 460. The quantitative estimate of drug-likeness (QED) is 0.838. The molecule has 0 amide bonds. The van der Waals surface area contributed by atoms with Crippen molar-refractivity contribution in [1.29, 1.82) is 0 Å². The minimum Gasteiger partial charge on any atom is -0.381 e. The van der Waals surface area contributed by atoms with Gasteiger partial charge < -0.3 is 5.11 Å². The monoisotopic (exact) mass is 324 g/mol. The van der Waals surface area contributed by atoms with Gasteiger partial charge in [-0.25, -0.2) is 0 Å². The van der Waals surface area contributed by atoms with Crippen LogP contribution in [0.5, 0.6) is 0 Å². The zero-order chi connectivity index (χ0) is 11.6. The zero-order valence-electron chi connectivity index (χ0n) is 9.02. The van der Waals surface area contributed by atoms with Crippen molar-refractivity contribution in [1.82, 2.24) is 0 Å². The molecule has 0 spiro atoms. The van der Waals surface area contributed by atoms with E-state index in [0.717, 1.165) is 11.1 Å². The second-order valence-corrected chi connectivity index (χ2v) is 5.19. The van der Waals surface area contributed by atoms with E-state index >= 15 is 0 Å². The third-order valence-electron chi connectivity index (χ3n) is 2.74. The molecule has 1 atom stereocenters. The van der Waals surface area contributed by atoms with Crippen LogP contribution in [0.1, 0.15) is 18.1 Å². The predicted molar refractivity (Wildman–Crippen MR) is 74.3 cm³/mol. The van der Waals surface area contributed by atoms with Gasteiger partial charge in [0.2, 0.25) is 0 Å².